The number of nitrogens with zero attached hydrogens (tertiary/aromatic N) is 1. The highest BCUT2D eigenvalue weighted by Crippen LogP contribution is 2.35. The van der Waals surface area contributed by atoms with Gasteiger partial charge in [-0.3, -0.25) is 4.79 Å². The Morgan fingerprint density at radius 2 is 2.32 bits per heavy atom. The van der Waals surface area contributed by atoms with Crippen LogP contribution in [0, 0.1) is 11.2 Å². The zero-order valence-corrected chi connectivity index (χ0v) is 11.4. The van der Waals surface area contributed by atoms with Gasteiger partial charge in [-0.15, -0.1) is 0 Å². The van der Waals surface area contributed by atoms with Crippen molar-refractivity contribution in [2.24, 2.45) is 5.41 Å². The molecule has 104 valence electrons. The number of carbonyl (C=O) groups excluding carboxylic acids is 1. The van der Waals surface area contributed by atoms with E-state index in [1.807, 2.05) is 0 Å². The zero-order valence-electron chi connectivity index (χ0n) is 11.4. The van der Waals surface area contributed by atoms with Crippen LogP contribution in [0.15, 0.2) is 12.3 Å². The van der Waals surface area contributed by atoms with Crippen LogP contribution in [0.25, 0.3) is 0 Å². The third-order valence-corrected chi connectivity index (χ3v) is 3.70. The van der Waals surface area contributed by atoms with E-state index in [1.54, 1.807) is 0 Å². The van der Waals surface area contributed by atoms with Crippen molar-refractivity contribution in [3.63, 3.8) is 0 Å². The summed E-state index contributed by atoms with van der Waals surface area (Å²) in [5.41, 5.74) is 5.57. The van der Waals surface area contributed by atoms with Gasteiger partial charge in [-0.05, 0) is 30.7 Å². The fraction of sp³-hybridized carbons (Fsp3) is 0.571. The molecule has 1 saturated carbocycles. The van der Waals surface area contributed by atoms with Crippen LogP contribution in [0.1, 0.15) is 49.9 Å². The first-order valence-corrected chi connectivity index (χ1v) is 6.60. The van der Waals surface area contributed by atoms with Gasteiger partial charge in [-0.1, -0.05) is 20.3 Å². The van der Waals surface area contributed by atoms with Gasteiger partial charge in [0, 0.05) is 12.2 Å². The van der Waals surface area contributed by atoms with Crippen molar-refractivity contribution >= 4 is 11.7 Å². The first-order valence-electron chi connectivity index (χ1n) is 6.60. The molecule has 4 nitrogen and oxygen atoms in total. The molecule has 1 heterocycles. The maximum atomic E-state index is 13.7. The SMILES string of the molecule is CC1(C)CCCC(NC(=O)c2ccnc(N)c2F)C1. The normalized spacial score (nSPS) is 21.9. The number of nitrogen functional groups attached to an aromatic ring is 1. The number of hydrogen-bond acceptors (Lipinski definition) is 3. The standard InChI is InChI=1S/C14H20FN3O/c1-14(2)6-3-4-9(8-14)18-13(19)10-5-7-17-12(16)11(10)15/h5,7,9H,3-4,6,8H2,1-2H3,(H2,16,17)(H,18,19). The smallest absolute Gasteiger partial charge is 0.254 e. The van der Waals surface area contributed by atoms with E-state index in [9.17, 15) is 9.18 Å². The fourth-order valence-corrected chi connectivity index (χ4v) is 2.72. The molecule has 0 bridgehead atoms. The first kappa shape index (κ1) is 13.8. The third-order valence-electron chi connectivity index (χ3n) is 3.70. The summed E-state index contributed by atoms with van der Waals surface area (Å²) >= 11 is 0. The van der Waals surface area contributed by atoms with E-state index in [4.69, 9.17) is 5.73 Å². The number of rotatable bonds is 2. The molecule has 1 atom stereocenters. The Hall–Kier alpha value is -1.65. The number of carbonyl (C=O) groups is 1. The first-order chi connectivity index (χ1) is 8.89. The molecule has 19 heavy (non-hydrogen) atoms. The van der Waals surface area contributed by atoms with Crippen LogP contribution in [0.4, 0.5) is 10.2 Å². The predicted molar refractivity (Wildman–Crippen MR) is 72.1 cm³/mol. The van der Waals surface area contributed by atoms with E-state index < -0.39 is 11.7 Å². The van der Waals surface area contributed by atoms with Crippen molar-refractivity contribution < 1.29 is 9.18 Å². The van der Waals surface area contributed by atoms with Gasteiger partial charge in [-0.2, -0.15) is 0 Å². The van der Waals surface area contributed by atoms with Crippen LogP contribution < -0.4 is 11.1 Å². The lowest BCUT2D eigenvalue weighted by Crippen LogP contribution is -2.41. The number of anilines is 1. The second-order valence-corrected chi connectivity index (χ2v) is 5.99. The maximum absolute atomic E-state index is 13.7. The predicted octanol–water partition coefficient (Wildman–Crippen LogP) is 2.50. The molecule has 2 rings (SSSR count). The van der Waals surface area contributed by atoms with Gasteiger partial charge in [0.25, 0.3) is 5.91 Å². The Balaban J connectivity index is 2.07. The van der Waals surface area contributed by atoms with E-state index in [2.05, 4.69) is 24.1 Å². The monoisotopic (exact) mass is 265 g/mol. The molecule has 0 spiro atoms. The molecule has 1 aliphatic rings. The van der Waals surface area contributed by atoms with Crippen LogP contribution >= 0.6 is 0 Å². The lowest BCUT2D eigenvalue weighted by molar-refractivity contribution is 0.0898. The number of nitrogens with one attached hydrogen (secondary N) is 1. The molecule has 1 fully saturated rings. The molecule has 0 aliphatic heterocycles. The summed E-state index contributed by atoms with van der Waals surface area (Å²) in [6.45, 7) is 4.38. The summed E-state index contributed by atoms with van der Waals surface area (Å²) in [7, 11) is 0. The Bertz CT molecular complexity index is 488. The molecular formula is C14H20FN3O. The summed E-state index contributed by atoms with van der Waals surface area (Å²) < 4.78 is 13.7. The highest BCUT2D eigenvalue weighted by atomic mass is 19.1. The lowest BCUT2D eigenvalue weighted by atomic mass is 9.75. The van der Waals surface area contributed by atoms with Crippen LogP contribution in [0.5, 0.6) is 0 Å². The average Bonchev–Trinajstić information content (AvgIpc) is 2.31. The Kier molecular flexibility index (Phi) is 3.73. The largest absolute Gasteiger partial charge is 0.381 e. The minimum atomic E-state index is -0.741. The Morgan fingerprint density at radius 3 is 3.00 bits per heavy atom. The summed E-state index contributed by atoms with van der Waals surface area (Å²) in [6.07, 6.45) is 5.45. The molecule has 1 amide bonds. The third kappa shape index (κ3) is 3.22. The van der Waals surface area contributed by atoms with Crippen molar-refractivity contribution in [3.8, 4) is 0 Å². The van der Waals surface area contributed by atoms with Gasteiger partial charge in [0.1, 0.15) is 0 Å². The molecule has 0 radical (unpaired) electrons. The molecule has 1 aliphatic carbocycles. The van der Waals surface area contributed by atoms with E-state index >= 15 is 0 Å². The number of pyridine rings is 1. The van der Waals surface area contributed by atoms with Crippen LogP contribution in [0.2, 0.25) is 0 Å². The fourth-order valence-electron chi connectivity index (χ4n) is 2.72. The quantitative estimate of drug-likeness (QED) is 0.863. The minimum Gasteiger partial charge on any atom is -0.381 e. The molecule has 3 N–H and O–H groups in total. The highest BCUT2D eigenvalue weighted by Gasteiger charge is 2.29. The van der Waals surface area contributed by atoms with Gasteiger partial charge in [0.05, 0.1) is 5.56 Å². The van der Waals surface area contributed by atoms with Gasteiger partial charge in [0.2, 0.25) is 0 Å². The molecule has 1 aromatic heterocycles. The molecule has 0 aromatic carbocycles. The van der Waals surface area contributed by atoms with Crippen molar-refractivity contribution in [2.75, 3.05) is 5.73 Å². The number of halogens is 1. The van der Waals surface area contributed by atoms with E-state index in [0.717, 1.165) is 25.7 Å². The van der Waals surface area contributed by atoms with E-state index in [0.29, 0.717) is 0 Å². The van der Waals surface area contributed by atoms with Crippen molar-refractivity contribution in [3.05, 3.63) is 23.6 Å². The minimum absolute atomic E-state index is 0.0316. The second kappa shape index (κ2) is 5.15. The zero-order chi connectivity index (χ0) is 14.0. The molecular weight excluding hydrogens is 245 g/mol. The van der Waals surface area contributed by atoms with Gasteiger partial charge in [-0.25, -0.2) is 9.37 Å². The highest BCUT2D eigenvalue weighted by molar-refractivity contribution is 5.95. The van der Waals surface area contributed by atoms with Gasteiger partial charge < -0.3 is 11.1 Å². The number of nitrogens with two attached hydrogens (primary N) is 1. The van der Waals surface area contributed by atoms with E-state index in [1.165, 1.54) is 12.3 Å². The van der Waals surface area contributed by atoms with Crippen LogP contribution in [0.3, 0.4) is 0 Å². The maximum Gasteiger partial charge on any atom is 0.254 e. The topological polar surface area (TPSA) is 68.0 Å². The van der Waals surface area contributed by atoms with Gasteiger partial charge in [0.15, 0.2) is 11.6 Å². The number of aromatic nitrogens is 1. The number of amides is 1. The van der Waals surface area contributed by atoms with E-state index in [-0.39, 0.29) is 22.8 Å². The second-order valence-electron chi connectivity index (χ2n) is 5.99. The Labute approximate surface area is 112 Å². The number of hydrogen-bond donors (Lipinski definition) is 2. The van der Waals surface area contributed by atoms with Crippen LogP contribution in [-0.4, -0.2) is 16.9 Å². The summed E-state index contributed by atoms with van der Waals surface area (Å²) in [5, 5.41) is 2.90. The van der Waals surface area contributed by atoms with Crippen molar-refractivity contribution in [1.29, 1.82) is 0 Å². The van der Waals surface area contributed by atoms with Crippen molar-refractivity contribution in [1.82, 2.24) is 10.3 Å². The van der Waals surface area contributed by atoms with Crippen molar-refractivity contribution in [2.45, 2.75) is 45.6 Å². The summed E-state index contributed by atoms with van der Waals surface area (Å²) in [6, 6.07) is 1.46. The molecule has 5 heteroatoms. The molecule has 1 aromatic rings. The van der Waals surface area contributed by atoms with Crippen LogP contribution in [-0.2, 0) is 0 Å². The average molecular weight is 265 g/mol. The Morgan fingerprint density at radius 1 is 1.58 bits per heavy atom. The summed E-state index contributed by atoms with van der Waals surface area (Å²) in [5.74, 6) is -1.39. The molecule has 0 saturated heterocycles. The molecule has 1 unspecified atom stereocenters. The lowest BCUT2D eigenvalue weighted by Gasteiger charge is -2.35. The van der Waals surface area contributed by atoms with Gasteiger partial charge >= 0.3 is 0 Å². The summed E-state index contributed by atoms with van der Waals surface area (Å²) in [4.78, 5) is 15.7.